The van der Waals surface area contributed by atoms with Gasteiger partial charge in [-0.25, -0.2) is 0 Å². The molecule has 1 fully saturated rings. The van der Waals surface area contributed by atoms with E-state index in [1.807, 2.05) is 25.1 Å². The number of rotatable bonds is 3. The second-order valence-corrected chi connectivity index (χ2v) is 4.97. The Kier molecular flexibility index (Phi) is 3.87. The Bertz CT molecular complexity index is 439. The van der Waals surface area contributed by atoms with Crippen LogP contribution in [0.25, 0.3) is 0 Å². The molecule has 1 aromatic carbocycles. The minimum Gasteiger partial charge on any atom is -0.370 e. The summed E-state index contributed by atoms with van der Waals surface area (Å²) in [5, 5.41) is 3.41. The Morgan fingerprint density at radius 3 is 2.83 bits per heavy atom. The van der Waals surface area contributed by atoms with Gasteiger partial charge in [0, 0.05) is 30.9 Å². The van der Waals surface area contributed by atoms with E-state index in [1.54, 1.807) is 0 Å². The maximum Gasteiger partial charge on any atom is 0.248 e. The molecule has 1 aromatic rings. The van der Waals surface area contributed by atoms with E-state index < -0.39 is 0 Å². The highest BCUT2D eigenvalue weighted by Gasteiger charge is 2.18. The van der Waals surface area contributed by atoms with E-state index in [-0.39, 0.29) is 5.91 Å². The Hall–Kier alpha value is -1.55. The summed E-state index contributed by atoms with van der Waals surface area (Å²) in [6.07, 6.45) is 2.42. The van der Waals surface area contributed by atoms with Crippen molar-refractivity contribution in [3.8, 4) is 0 Å². The lowest BCUT2D eigenvalue weighted by Gasteiger charge is -2.33. The summed E-state index contributed by atoms with van der Waals surface area (Å²) in [5.41, 5.74) is 8.01. The number of primary amides is 1. The number of benzene rings is 1. The van der Waals surface area contributed by atoms with Crippen molar-refractivity contribution in [2.45, 2.75) is 25.8 Å². The van der Waals surface area contributed by atoms with Gasteiger partial charge in [0.15, 0.2) is 0 Å². The number of amides is 1. The summed E-state index contributed by atoms with van der Waals surface area (Å²) in [7, 11) is 2.11. The molecule has 1 amide bonds. The summed E-state index contributed by atoms with van der Waals surface area (Å²) in [6.45, 7) is 4.06. The van der Waals surface area contributed by atoms with E-state index in [4.69, 9.17) is 5.73 Å². The molecule has 0 aliphatic carbocycles. The predicted molar refractivity (Wildman–Crippen MR) is 74.0 cm³/mol. The molecule has 1 aliphatic heterocycles. The number of nitrogens with zero attached hydrogens (tertiary/aromatic N) is 1. The van der Waals surface area contributed by atoms with Crippen molar-refractivity contribution in [3.05, 3.63) is 29.3 Å². The molecule has 1 heterocycles. The van der Waals surface area contributed by atoms with Crippen molar-refractivity contribution in [3.63, 3.8) is 0 Å². The number of hydrogen-bond acceptors (Lipinski definition) is 3. The van der Waals surface area contributed by atoms with E-state index in [0.717, 1.165) is 24.3 Å². The molecule has 3 N–H and O–H groups in total. The van der Waals surface area contributed by atoms with Crippen molar-refractivity contribution in [2.75, 3.05) is 25.0 Å². The van der Waals surface area contributed by atoms with Crippen LogP contribution in [-0.2, 0) is 0 Å². The summed E-state index contributed by atoms with van der Waals surface area (Å²) < 4.78 is 0. The first-order chi connectivity index (χ1) is 8.59. The predicted octanol–water partition coefficient (Wildman–Crippen LogP) is 1.28. The van der Waals surface area contributed by atoms with Crippen LogP contribution in [0.1, 0.15) is 28.8 Å². The smallest absolute Gasteiger partial charge is 0.248 e. The minimum atomic E-state index is -0.360. The summed E-state index contributed by atoms with van der Waals surface area (Å²) in [4.78, 5) is 13.5. The van der Waals surface area contributed by atoms with Gasteiger partial charge < -0.3 is 16.0 Å². The molecule has 0 radical (unpaired) electrons. The molecule has 18 heavy (non-hydrogen) atoms. The van der Waals surface area contributed by atoms with Crippen LogP contribution in [0.3, 0.4) is 0 Å². The standard InChI is InChI=1S/C14H21N3O/c1-10-8-11(5-6-13(10)14(15)18)17(2)12-4-3-7-16-9-12/h5-6,8,12,16H,3-4,7,9H2,1-2H3,(H2,15,18). The normalized spacial score (nSPS) is 19.6. The van der Waals surface area contributed by atoms with Crippen molar-refractivity contribution >= 4 is 11.6 Å². The highest BCUT2D eigenvalue weighted by Crippen LogP contribution is 2.22. The Balaban J connectivity index is 2.17. The lowest BCUT2D eigenvalue weighted by atomic mass is 10.0. The van der Waals surface area contributed by atoms with Crippen LogP contribution in [-0.4, -0.2) is 32.1 Å². The quantitative estimate of drug-likeness (QED) is 0.846. The zero-order chi connectivity index (χ0) is 13.1. The van der Waals surface area contributed by atoms with Crippen molar-refractivity contribution in [1.29, 1.82) is 0 Å². The fourth-order valence-corrected chi connectivity index (χ4v) is 2.52. The molecule has 98 valence electrons. The Morgan fingerprint density at radius 2 is 2.28 bits per heavy atom. The number of carbonyl (C=O) groups excluding carboxylic acids is 1. The van der Waals surface area contributed by atoms with Crippen LogP contribution in [0, 0.1) is 6.92 Å². The average molecular weight is 247 g/mol. The second-order valence-electron chi connectivity index (χ2n) is 4.97. The molecule has 0 bridgehead atoms. The number of nitrogens with one attached hydrogen (secondary N) is 1. The summed E-state index contributed by atoms with van der Waals surface area (Å²) in [5.74, 6) is -0.360. The number of likely N-dealkylation sites (N-methyl/N-ethyl adjacent to an activating group) is 1. The fourth-order valence-electron chi connectivity index (χ4n) is 2.52. The monoisotopic (exact) mass is 247 g/mol. The maximum atomic E-state index is 11.2. The van der Waals surface area contributed by atoms with E-state index in [2.05, 4.69) is 17.3 Å². The number of aryl methyl sites for hydroxylation is 1. The highest BCUT2D eigenvalue weighted by molar-refractivity contribution is 5.94. The third-order valence-electron chi connectivity index (χ3n) is 3.70. The third kappa shape index (κ3) is 2.64. The van der Waals surface area contributed by atoms with E-state index in [0.29, 0.717) is 11.6 Å². The van der Waals surface area contributed by atoms with Gasteiger partial charge in [-0.3, -0.25) is 4.79 Å². The summed E-state index contributed by atoms with van der Waals surface area (Å²) >= 11 is 0. The SMILES string of the molecule is Cc1cc(N(C)C2CCCNC2)ccc1C(N)=O. The van der Waals surface area contributed by atoms with Crippen LogP contribution < -0.4 is 16.0 Å². The first kappa shape index (κ1) is 12.9. The molecular formula is C14H21N3O. The number of piperidine rings is 1. The highest BCUT2D eigenvalue weighted by atomic mass is 16.1. The summed E-state index contributed by atoms with van der Waals surface area (Å²) in [6, 6.07) is 6.36. The fraction of sp³-hybridized carbons (Fsp3) is 0.500. The van der Waals surface area contributed by atoms with Crippen molar-refractivity contribution in [2.24, 2.45) is 5.73 Å². The molecule has 0 aromatic heterocycles. The molecule has 4 nitrogen and oxygen atoms in total. The van der Waals surface area contributed by atoms with Crippen LogP contribution >= 0.6 is 0 Å². The van der Waals surface area contributed by atoms with E-state index in [1.165, 1.54) is 12.8 Å². The maximum absolute atomic E-state index is 11.2. The van der Waals surface area contributed by atoms with E-state index >= 15 is 0 Å². The topological polar surface area (TPSA) is 58.4 Å². The lowest BCUT2D eigenvalue weighted by Crippen LogP contribution is -2.44. The first-order valence-electron chi connectivity index (χ1n) is 6.43. The second kappa shape index (κ2) is 5.40. The average Bonchev–Trinajstić information content (AvgIpc) is 2.38. The number of carbonyl (C=O) groups is 1. The molecule has 1 unspecified atom stereocenters. The Labute approximate surface area is 108 Å². The van der Waals surface area contributed by atoms with Gasteiger partial charge in [0.05, 0.1) is 0 Å². The molecule has 0 saturated carbocycles. The molecule has 0 spiro atoms. The van der Waals surface area contributed by atoms with Gasteiger partial charge in [-0.1, -0.05) is 0 Å². The van der Waals surface area contributed by atoms with Gasteiger partial charge in [-0.05, 0) is 50.1 Å². The van der Waals surface area contributed by atoms with Crippen LogP contribution in [0.4, 0.5) is 5.69 Å². The first-order valence-corrected chi connectivity index (χ1v) is 6.43. The molecule has 1 atom stereocenters. The molecule has 1 aliphatic rings. The van der Waals surface area contributed by atoms with Gasteiger partial charge in [0.25, 0.3) is 0 Å². The number of anilines is 1. The zero-order valence-corrected chi connectivity index (χ0v) is 11.1. The van der Waals surface area contributed by atoms with Crippen molar-refractivity contribution in [1.82, 2.24) is 5.32 Å². The third-order valence-corrected chi connectivity index (χ3v) is 3.70. The number of hydrogen-bond donors (Lipinski definition) is 2. The number of nitrogens with two attached hydrogens (primary N) is 1. The molecular weight excluding hydrogens is 226 g/mol. The van der Waals surface area contributed by atoms with Crippen LogP contribution in [0.2, 0.25) is 0 Å². The van der Waals surface area contributed by atoms with Gasteiger partial charge in [0.1, 0.15) is 0 Å². The minimum absolute atomic E-state index is 0.360. The van der Waals surface area contributed by atoms with Gasteiger partial charge in [0.2, 0.25) is 5.91 Å². The largest absolute Gasteiger partial charge is 0.370 e. The van der Waals surface area contributed by atoms with Gasteiger partial charge in [-0.15, -0.1) is 0 Å². The Morgan fingerprint density at radius 1 is 1.50 bits per heavy atom. The van der Waals surface area contributed by atoms with E-state index in [9.17, 15) is 4.79 Å². The van der Waals surface area contributed by atoms with Gasteiger partial charge >= 0.3 is 0 Å². The molecule has 4 heteroatoms. The molecule has 1 saturated heterocycles. The van der Waals surface area contributed by atoms with Crippen molar-refractivity contribution < 1.29 is 4.79 Å². The van der Waals surface area contributed by atoms with Crippen LogP contribution in [0.15, 0.2) is 18.2 Å². The lowest BCUT2D eigenvalue weighted by molar-refractivity contribution is 0.1000. The van der Waals surface area contributed by atoms with Crippen LogP contribution in [0.5, 0.6) is 0 Å². The van der Waals surface area contributed by atoms with Gasteiger partial charge in [-0.2, -0.15) is 0 Å². The zero-order valence-electron chi connectivity index (χ0n) is 11.1. The molecule has 2 rings (SSSR count).